The van der Waals surface area contributed by atoms with E-state index in [1.54, 1.807) is 11.8 Å². The molecule has 4 nitrogen and oxygen atoms in total. The van der Waals surface area contributed by atoms with Crippen molar-refractivity contribution in [1.82, 2.24) is 14.8 Å². The number of amides is 1. The van der Waals surface area contributed by atoms with E-state index < -0.39 is 0 Å². The molecule has 4 rings (SSSR count). The molecule has 2 saturated heterocycles. The van der Waals surface area contributed by atoms with Crippen molar-refractivity contribution in [3.05, 3.63) is 42.1 Å². The third-order valence-corrected chi connectivity index (χ3v) is 6.39. The average molecular weight is 356 g/mol. The maximum atomic E-state index is 12.3. The summed E-state index contributed by atoms with van der Waals surface area (Å²) in [6.07, 6.45) is 4.94. The summed E-state index contributed by atoms with van der Waals surface area (Å²) >= 11 is 1.71. The summed E-state index contributed by atoms with van der Waals surface area (Å²) < 4.78 is 0. The van der Waals surface area contributed by atoms with Gasteiger partial charge in [-0.3, -0.25) is 4.79 Å². The normalized spacial score (nSPS) is 21.5. The lowest BCUT2D eigenvalue weighted by Crippen LogP contribution is -2.30. The van der Waals surface area contributed by atoms with Crippen molar-refractivity contribution in [3.8, 4) is 0 Å². The molecule has 2 aliphatic rings. The van der Waals surface area contributed by atoms with Gasteiger partial charge in [-0.05, 0) is 57.5 Å². The van der Waals surface area contributed by atoms with Crippen molar-refractivity contribution in [3.63, 3.8) is 0 Å². The van der Waals surface area contributed by atoms with Crippen LogP contribution in [0.25, 0.3) is 10.9 Å². The van der Waals surface area contributed by atoms with Gasteiger partial charge in [-0.15, -0.1) is 11.8 Å². The molecular weight excluding hydrogens is 330 g/mol. The lowest BCUT2D eigenvalue weighted by molar-refractivity contribution is -0.128. The summed E-state index contributed by atoms with van der Waals surface area (Å²) in [4.78, 5) is 21.7. The van der Waals surface area contributed by atoms with Gasteiger partial charge in [0.25, 0.3) is 0 Å². The first-order valence-electron chi connectivity index (χ1n) is 9.30. The van der Waals surface area contributed by atoms with Gasteiger partial charge in [-0.25, -0.2) is 4.98 Å². The maximum Gasteiger partial charge on any atom is 0.233 e. The van der Waals surface area contributed by atoms with E-state index in [1.807, 2.05) is 23.1 Å². The quantitative estimate of drug-likeness (QED) is 0.741. The van der Waals surface area contributed by atoms with E-state index in [9.17, 15) is 4.79 Å². The summed E-state index contributed by atoms with van der Waals surface area (Å²) in [5.74, 6) is 0.830. The monoisotopic (exact) mass is 355 g/mol. The van der Waals surface area contributed by atoms with Crippen LogP contribution in [-0.4, -0.2) is 52.6 Å². The van der Waals surface area contributed by atoms with Crippen LogP contribution in [0.4, 0.5) is 0 Å². The average Bonchev–Trinajstić information content (AvgIpc) is 3.28. The molecule has 5 heteroatoms. The zero-order chi connectivity index (χ0) is 17.1. The van der Waals surface area contributed by atoms with Gasteiger partial charge in [0.15, 0.2) is 0 Å². The Morgan fingerprint density at radius 3 is 2.72 bits per heavy atom. The van der Waals surface area contributed by atoms with Crippen molar-refractivity contribution in [2.45, 2.75) is 31.1 Å². The molecule has 0 N–H and O–H groups in total. The van der Waals surface area contributed by atoms with Gasteiger partial charge in [0.05, 0.1) is 17.0 Å². The van der Waals surface area contributed by atoms with Crippen LogP contribution in [0.1, 0.15) is 36.8 Å². The number of nitrogens with zero attached hydrogens (tertiary/aromatic N) is 3. The van der Waals surface area contributed by atoms with Crippen LogP contribution in [0.2, 0.25) is 0 Å². The lowest BCUT2D eigenvalue weighted by Gasteiger charge is -2.24. The van der Waals surface area contributed by atoms with Crippen LogP contribution in [0.5, 0.6) is 0 Å². The van der Waals surface area contributed by atoms with Gasteiger partial charge in [0, 0.05) is 11.9 Å². The predicted molar refractivity (Wildman–Crippen MR) is 104 cm³/mol. The minimum Gasteiger partial charge on any atom is -0.324 e. The number of carbonyl (C=O) groups is 1. The van der Waals surface area contributed by atoms with E-state index in [0.29, 0.717) is 5.75 Å². The predicted octanol–water partition coefficient (Wildman–Crippen LogP) is 3.68. The number of para-hydroxylation sites is 1. The standard InChI is InChI=1S/C20H25N3OS/c24-19-15-25-20(18-10-9-16-7-1-2-8-17(16)21-18)23(19)14-6-5-13-22-11-3-4-12-22/h1-2,7-10,20H,3-6,11-15H2. The molecule has 1 aromatic heterocycles. The van der Waals surface area contributed by atoms with Gasteiger partial charge in [-0.2, -0.15) is 0 Å². The Kier molecular flexibility index (Phi) is 5.22. The molecule has 0 radical (unpaired) electrons. The molecule has 3 heterocycles. The Labute approximate surface area is 153 Å². The molecule has 0 aliphatic carbocycles. The minimum absolute atomic E-state index is 0.0730. The summed E-state index contributed by atoms with van der Waals surface area (Å²) in [5.41, 5.74) is 2.02. The molecule has 25 heavy (non-hydrogen) atoms. The van der Waals surface area contributed by atoms with Crippen LogP contribution in [0.3, 0.4) is 0 Å². The van der Waals surface area contributed by atoms with E-state index in [-0.39, 0.29) is 11.3 Å². The van der Waals surface area contributed by atoms with E-state index >= 15 is 0 Å². The summed E-state index contributed by atoms with van der Waals surface area (Å²) in [7, 11) is 0. The molecule has 2 aliphatic heterocycles. The molecule has 1 atom stereocenters. The third kappa shape index (κ3) is 3.82. The number of aromatic nitrogens is 1. The summed E-state index contributed by atoms with van der Waals surface area (Å²) in [5, 5.41) is 1.22. The molecule has 2 fully saturated rings. The number of benzene rings is 1. The first-order chi connectivity index (χ1) is 12.3. The smallest absolute Gasteiger partial charge is 0.233 e. The molecule has 1 aromatic carbocycles. The molecule has 1 unspecified atom stereocenters. The van der Waals surface area contributed by atoms with Crippen LogP contribution < -0.4 is 0 Å². The number of thioether (sulfide) groups is 1. The van der Waals surface area contributed by atoms with E-state index in [4.69, 9.17) is 4.98 Å². The fraction of sp³-hybridized carbons (Fsp3) is 0.500. The van der Waals surface area contributed by atoms with Crippen LogP contribution in [0, 0.1) is 0 Å². The minimum atomic E-state index is 0.0730. The second kappa shape index (κ2) is 7.75. The van der Waals surface area contributed by atoms with Gasteiger partial charge in [0.2, 0.25) is 5.91 Å². The van der Waals surface area contributed by atoms with Gasteiger partial charge < -0.3 is 9.80 Å². The molecule has 0 bridgehead atoms. The largest absolute Gasteiger partial charge is 0.324 e. The first-order valence-corrected chi connectivity index (χ1v) is 10.4. The number of unbranched alkanes of at least 4 members (excludes halogenated alkanes) is 1. The number of hydrogen-bond acceptors (Lipinski definition) is 4. The summed E-state index contributed by atoms with van der Waals surface area (Å²) in [6.45, 7) is 4.52. The lowest BCUT2D eigenvalue weighted by atomic mass is 10.2. The van der Waals surface area contributed by atoms with Gasteiger partial charge in [-0.1, -0.05) is 24.3 Å². The summed E-state index contributed by atoms with van der Waals surface area (Å²) in [6, 6.07) is 12.4. The maximum absolute atomic E-state index is 12.3. The molecule has 0 saturated carbocycles. The highest BCUT2D eigenvalue weighted by molar-refractivity contribution is 8.00. The van der Waals surface area contributed by atoms with E-state index in [2.05, 4.69) is 23.1 Å². The number of hydrogen-bond donors (Lipinski definition) is 0. The molecule has 1 amide bonds. The highest BCUT2D eigenvalue weighted by atomic mass is 32.2. The zero-order valence-electron chi connectivity index (χ0n) is 14.6. The molecular formula is C20H25N3OS. The van der Waals surface area contributed by atoms with Crippen molar-refractivity contribution in [2.75, 3.05) is 31.9 Å². The Balaban J connectivity index is 1.39. The van der Waals surface area contributed by atoms with Crippen LogP contribution >= 0.6 is 11.8 Å². The highest BCUT2D eigenvalue weighted by Gasteiger charge is 2.33. The number of rotatable bonds is 6. The SMILES string of the molecule is O=C1CSC(c2ccc3ccccc3n2)N1CCCCN1CCCC1. The van der Waals surface area contributed by atoms with E-state index in [0.717, 1.165) is 29.6 Å². The number of fused-ring (bicyclic) bond motifs is 1. The van der Waals surface area contributed by atoms with Crippen molar-refractivity contribution < 1.29 is 4.79 Å². The topological polar surface area (TPSA) is 36.4 Å². The number of pyridine rings is 1. The Hall–Kier alpha value is -1.59. The Morgan fingerprint density at radius 2 is 1.84 bits per heavy atom. The first kappa shape index (κ1) is 16.9. The Bertz CT molecular complexity index is 745. The second-order valence-electron chi connectivity index (χ2n) is 6.94. The van der Waals surface area contributed by atoms with Crippen molar-refractivity contribution in [2.24, 2.45) is 0 Å². The fourth-order valence-corrected chi connectivity index (χ4v) is 4.96. The Morgan fingerprint density at radius 1 is 1.04 bits per heavy atom. The van der Waals surface area contributed by atoms with E-state index in [1.165, 1.54) is 38.9 Å². The van der Waals surface area contributed by atoms with Crippen LogP contribution in [0.15, 0.2) is 36.4 Å². The molecule has 0 spiro atoms. The fourth-order valence-electron chi connectivity index (χ4n) is 3.78. The van der Waals surface area contributed by atoms with Crippen molar-refractivity contribution >= 4 is 28.6 Å². The van der Waals surface area contributed by atoms with Crippen molar-refractivity contribution in [1.29, 1.82) is 0 Å². The van der Waals surface area contributed by atoms with Crippen LogP contribution in [-0.2, 0) is 4.79 Å². The van der Waals surface area contributed by atoms with Gasteiger partial charge in [0.1, 0.15) is 5.37 Å². The second-order valence-corrected chi connectivity index (χ2v) is 8.00. The zero-order valence-corrected chi connectivity index (χ0v) is 15.4. The highest BCUT2D eigenvalue weighted by Crippen LogP contribution is 2.38. The third-order valence-electron chi connectivity index (χ3n) is 5.16. The van der Waals surface area contributed by atoms with Gasteiger partial charge >= 0.3 is 0 Å². The number of carbonyl (C=O) groups excluding carboxylic acids is 1. The molecule has 2 aromatic rings. The molecule has 132 valence electrons. The number of likely N-dealkylation sites (tertiary alicyclic amines) is 1.